The Labute approximate surface area is 167 Å². The molecule has 0 bridgehead atoms. The molecule has 1 N–H and O–H groups in total. The summed E-state index contributed by atoms with van der Waals surface area (Å²) in [5.41, 5.74) is 0.288. The van der Waals surface area contributed by atoms with Gasteiger partial charge >= 0.3 is 6.36 Å². The largest absolute Gasteiger partial charge is 0.573 e. The number of benzene rings is 2. The van der Waals surface area contributed by atoms with Gasteiger partial charge in [0.25, 0.3) is 0 Å². The molecule has 29 heavy (non-hydrogen) atoms. The Hall–Kier alpha value is -2.54. The zero-order valence-electron chi connectivity index (χ0n) is 16.0. The molecule has 0 unspecified atom stereocenters. The predicted octanol–water partition coefficient (Wildman–Crippen LogP) is 4.42. The number of ether oxygens (including phenoxy) is 1. The molecule has 0 radical (unpaired) electrons. The minimum absolute atomic E-state index is 0.0390. The number of amides is 1. The van der Waals surface area contributed by atoms with E-state index in [2.05, 4.69) is 4.74 Å². The van der Waals surface area contributed by atoms with Crippen LogP contribution < -0.4 is 4.74 Å². The molecule has 0 aromatic heterocycles. The summed E-state index contributed by atoms with van der Waals surface area (Å²) in [6, 6.07) is 15.4. The van der Waals surface area contributed by atoms with Gasteiger partial charge in [0.15, 0.2) is 0 Å². The number of carbonyl (C=O) groups is 1. The molecule has 1 amide bonds. The highest BCUT2D eigenvalue weighted by atomic mass is 19.4. The van der Waals surface area contributed by atoms with Crippen LogP contribution in [0.25, 0.3) is 0 Å². The summed E-state index contributed by atoms with van der Waals surface area (Å²) in [5.74, 6) is -0.319. The molecule has 0 saturated carbocycles. The Morgan fingerprint density at radius 3 is 2.41 bits per heavy atom. The van der Waals surface area contributed by atoms with Crippen molar-refractivity contribution in [2.75, 3.05) is 13.1 Å². The maximum absolute atomic E-state index is 12.4. The molecule has 1 aliphatic heterocycles. The van der Waals surface area contributed by atoms with Gasteiger partial charge in [-0.15, -0.1) is 13.2 Å². The Morgan fingerprint density at radius 1 is 1.07 bits per heavy atom. The summed E-state index contributed by atoms with van der Waals surface area (Å²) >= 11 is 0. The van der Waals surface area contributed by atoms with Crippen LogP contribution in [0.4, 0.5) is 13.2 Å². The lowest BCUT2D eigenvalue weighted by Gasteiger charge is -2.38. The maximum Gasteiger partial charge on any atom is 0.573 e. The molecule has 1 fully saturated rings. The van der Waals surface area contributed by atoms with Gasteiger partial charge in [-0.25, -0.2) is 0 Å². The Kier molecular flexibility index (Phi) is 6.47. The molecule has 2 aromatic rings. The van der Waals surface area contributed by atoms with E-state index in [1.165, 1.54) is 23.8 Å². The lowest BCUT2D eigenvalue weighted by Crippen LogP contribution is -2.45. The van der Waals surface area contributed by atoms with Crippen LogP contribution in [0.15, 0.2) is 54.6 Å². The zero-order chi connectivity index (χ0) is 20.9. The lowest BCUT2D eigenvalue weighted by atomic mass is 9.84. The molecular weight excluding hydrogens is 383 g/mol. The lowest BCUT2D eigenvalue weighted by molar-refractivity contribution is -0.274. The third-order valence-corrected chi connectivity index (χ3v) is 5.25. The van der Waals surface area contributed by atoms with Crippen molar-refractivity contribution in [3.05, 3.63) is 65.7 Å². The number of hydrogen-bond donors (Lipinski definition) is 1. The molecule has 2 aromatic carbocycles. The van der Waals surface area contributed by atoms with Crippen molar-refractivity contribution in [3.63, 3.8) is 0 Å². The Balaban J connectivity index is 1.52. The van der Waals surface area contributed by atoms with Crippen LogP contribution in [0.5, 0.6) is 5.75 Å². The van der Waals surface area contributed by atoms with Gasteiger partial charge in [-0.3, -0.25) is 4.79 Å². The van der Waals surface area contributed by atoms with Gasteiger partial charge in [0, 0.05) is 19.5 Å². The summed E-state index contributed by atoms with van der Waals surface area (Å²) in [7, 11) is 0. The van der Waals surface area contributed by atoms with Gasteiger partial charge in [-0.05, 0) is 48.9 Å². The standard InChI is InChI=1S/C22H24F3NO3/c23-22(24,25)29-19-10-5-9-18(16-19)21(28)12-14-26(15-13-21)20(27)11-4-8-17-6-2-1-3-7-17/h1-3,5-7,9-10,16,28H,4,8,11-15H2. The van der Waals surface area contributed by atoms with Gasteiger partial charge in [-0.2, -0.15) is 0 Å². The highest BCUT2D eigenvalue weighted by Crippen LogP contribution is 2.35. The second-order valence-electron chi connectivity index (χ2n) is 7.33. The number of likely N-dealkylation sites (tertiary alicyclic amines) is 1. The first-order valence-electron chi connectivity index (χ1n) is 9.66. The van der Waals surface area contributed by atoms with Crippen molar-refractivity contribution in [1.82, 2.24) is 4.90 Å². The fourth-order valence-electron chi connectivity index (χ4n) is 3.64. The smallest absolute Gasteiger partial charge is 0.406 e. The Bertz CT molecular complexity index is 816. The first-order chi connectivity index (χ1) is 13.8. The predicted molar refractivity (Wildman–Crippen MR) is 102 cm³/mol. The SMILES string of the molecule is O=C(CCCc1ccccc1)N1CCC(O)(c2cccc(OC(F)(F)F)c2)CC1. The van der Waals surface area contributed by atoms with Gasteiger partial charge < -0.3 is 14.7 Å². The Morgan fingerprint density at radius 2 is 1.76 bits per heavy atom. The fraction of sp³-hybridized carbons (Fsp3) is 0.409. The van der Waals surface area contributed by atoms with Crippen molar-refractivity contribution in [2.24, 2.45) is 0 Å². The van der Waals surface area contributed by atoms with E-state index in [-0.39, 0.29) is 24.5 Å². The van der Waals surface area contributed by atoms with Crippen LogP contribution in [0.1, 0.15) is 36.8 Å². The third-order valence-electron chi connectivity index (χ3n) is 5.25. The molecule has 0 atom stereocenters. The zero-order valence-corrected chi connectivity index (χ0v) is 16.0. The highest BCUT2D eigenvalue weighted by molar-refractivity contribution is 5.76. The average Bonchev–Trinajstić information content (AvgIpc) is 2.68. The molecule has 7 heteroatoms. The van der Waals surface area contributed by atoms with E-state index in [1.54, 1.807) is 11.0 Å². The quantitative estimate of drug-likeness (QED) is 0.771. The number of piperidine rings is 1. The topological polar surface area (TPSA) is 49.8 Å². The number of halogens is 3. The molecule has 1 heterocycles. The fourth-order valence-corrected chi connectivity index (χ4v) is 3.64. The third kappa shape index (κ3) is 5.97. The number of rotatable bonds is 6. The van der Waals surface area contributed by atoms with E-state index >= 15 is 0 Å². The first-order valence-corrected chi connectivity index (χ1v) is 9.66. The van der Waals surface area contributed by atoms with Crippen LogP contribution in [0, 0.1) is 0 Å². The van der Waals surface area contributed by atoms with Crippen LogP contribution in [-0.2, 0) is 16.8 Å². The van der Waals surface area contributed by atoms with Crippen LogP contribution in [-0.4, -0.2) is 35.4 Å². The van der Waals surface area contributed by atoms with E-state index in [1.807, 2.05) is 30.3 Å². The maximum atomic E-state index is 12.4. The van der Waals surface area contributed by atoms with E-state index in [4.69, 9.17) is 0 Å². The van der Waals surface area contributed by atoms with Gasteiger partial charge in [0.2, 0.25) is 5.91 Å². The number of alkyl halides is 3. The van der Waals surface area contributed by atoms with Crippen LogP contribution in [0.3, 0.4) is 0 Å². The number of aryl methyl sites for hydroxylation is 1. The normalized spacial score (nSPS) is 16.5. The summed E-state index contributed by atoms with van der Waals surface area (Å²) in [6.07, 6.45) is -2.23. The summed E-state index contributed by atoms with van der Waals surface area (Å²) < 4.78 is 41.2. The van der Waals surface area contributed by atoms with Crippen molar-refractivity contribution < 1.29 is 27.8 Å². The minimum Gasteiger partial charge on any atom is -0.406 e. The number of carbonyl (C=O) groups excluding carboxylic acids is 1. The van der Waals surface area contributed by atoms with Gasteiger partial charge in [-0.1, -0.05) is 42.5 Å². The van der Waals surface area contributed by atoms with Gasteiger partial charge in [0.05, 0.1) is 5.60 Å². The molecule has 1 aliphatic rings. The van der Waals surface area contributed by atoms with Crippen molar-refractivity contribution >= 4 is 5.91 Å². The monoisotopic (exact) mass is 407 g/mol. The summed E-state index contributed by atoms with van der Waals surface area (Å²) in [4.78, 5) is 14.2. The van der Waals surface area contributed by atoms with Crippen molar-refractivity contribution in [1.29, 1.82) is 0 Å². The first kappa shape index (κ1) is 21.2. The van der Waals surface area contributed by atoms with E-state index < -0.39 is 12.0 Å². The molecule has 1 saturated heterocycles. The van der Waals surface area contributed by atoms with Crippen molar-refractivity contribution in [3.8, 4) is 5.75 Å². The molecule has 0 aliphatic carbocycles. The van der Waals surface area contributed by atoms with Crippen molar-refractivity contribution in [2.45, 2.75) is 44.1 Å². The second kappa shape index (κ2) is 8.86. The van der Waals surface area contributed by atoms with Gasteiger partial charge in [0.1, 0.15) is 5.75 Å². The van der Waals surface area contributed by atoms with Crippen LogP contribution in [0.2, 0.25) is 0 Å². The molecule has 156 valence electrons. The second-order valence-corrected chi connectivity index (χ2v) is 7.33. The number of aliphatic hydroxyl groups is 1. The van der Waals surface area contributed by atoms with E-state index in [0.717, 1.165) is 12.8 Å². The van der Waals surface area contributed by atoms with E-state index in [0.29, 0.717) is 25.1 Å². The molecular formula is C22H24F3NO3. The molecule has 4 nitrogen and oxygen atoms in total. The highest BCUT2D eigenvalue weighted by Gasteiger charge is 2.36. The van der Waals surface area contributed by atoms with E-state index in [9.17, 15) is 23.1 Å². The number of hydrogen-bond acceptors (Lipinski definition) is 3. The number of nitrogens with zero attached hydrogens (tertiary/aromatic N) is 1. The molecule has 0 spiro atoms. The summed E-state index contributed by atoms with van der Waals surface area (Å²) in [5, 5.41) is 10.9. The summed E-state index contributed by atoms with van der Waals surface area (Å²) in [6.45, 7) is 0.732. The average molecular weight is 407 g/mol. The van der Waals surface area contributed by atoms with Crippen LogP contribution >= 0.6 is 0 Å². The minimum atomic E-state index is -4.78. The molecule has 3 rings (SSSR count).